The van der Waals surface area contributed by atoms with Gasteiger partial charge in [0.2, 0.25) is 0 Å². The normalized spacial score (nSPS) is 15.9. The zero-order valence-electron chi connectivity index (χ0n) is 23.3. The molecule has 1 saturated heterocycles. The summed E-state index contributed by atoms with van der Waals surface area (Å²) in [6, 6.07) is 15.7. The minimum absolute atomic E-state index is 0.121. The standard InChI is InChI=1S/C30H35N3O7S/c1-30(2,3)39-29(35)31-20-22-10-13-24(14-11-22)25-7-6-8-26(19-25)41(36,37)33-17-16-23(21-33)12-15-27(34)32-40-28-9-4-5-18-38-28/h6-8,10-17,19,21,28H,4-5,9,18,20H2,1-3H3,(H,31,35)(H,32,34). The Labute approximate surface area is 240 Å². The fourth-order valence-corrected chi connectivity index (χ4v) is 5.29. The lowest BCUT2D eigenvalue weighted by Gasteiger charge is -2.21. The van der Waals surface area contributed by atoms with Gasteiger partial charge in [-0.25, -0.2) is 27.5 Å². The van der Waals surface area contributed by atoms with Crippen molar-refractivity contribution in [3.63, 3.8) is 0 Å². The molecule has 1 aliphatic rings. The van der Waals surface area contributed by atoms with Gasteiger partial charge < -0.3 is 14.8 Å². The molecule has 0 radical (unpaired) electrons. The van der Waals surface area contributed by atoms with Gasteiger partial charge in [-0.2, -0.15) is 0 Å². The second-order valence-electron chi connectivity index (χ2n) is 10.6. The number of alkyl carbamates (subject to hydrolysis) is 1. The van der Waals surface area contributed by atoms with Crippen LogP contribution in [0.5, 0.6) is 0 Å². The summed E-state index contributed by atoms with van der Waals surface area (Å²) in [4.78, 5) is 29.3. The van der Waals surface area contributed by atoms with Crippen molar-refractivity contribution in [1.29, 1.82) is 0 Å². The Bertz CT molecular complexity index is 1480. The van der Waals surface area contributed by atoms with Crippen LogP contribution in [0.1, 0.15) is 51.2 Å². The third-order valence-electron chi connectivity index (χ3n) is 6.08. The van der Waals surface area contributed by atoms with E-state index in [2.05, 4.69) is 10.8 Å². The lowest BCUT2D eigenvalue weighted by molar-refractivity contribution is -0.198. The molecular formula is C30H35N3O7S. The van der Waals surface area contributed by atoms with Crippen LogP contribution in [0.3, 0.4) is 0 Å². The van der Waals surface area contributed by atoms with Crippen molar-refractivity contribution in [3.05, 3.63) is 84.2 Å². The van der Waals surface area contributed by atoms with Gasteiger partial charge in [-0.15, -0.1) is 0 Å². The number of carbonyl (C=O) groups is 2. The van der Waals surface area contributed by atoms with Gasteiger partial charge in [0.1, 0.15) is 5.60 Å². The molecular weight excluding hydrogens is 546 g/mol. The Morgan fingerprint density at radius 1 is 1.07 bits per heavy atom. The van der Waals surface area contributed by atoms with Gasteiger partial charge in [0.25, 0.3) is 15.9 Å². The summed E-state index contributed by atoms with van der Waals surface area (Å²) < 4.78 is 38.4. The highest BCUT2D eigenvalue weighted by Crippen LogP contribution is 2.25. The van der Waals surface area contributed by atoms with Crippen LogP contribution >= 0.6 is 0 Å². The number of amides is 2. The molecule has 1 aromatic heterocycles. The van der Waals surface area contributed by atoms with Gasteiger partial charge >= 0.3 is 6.09 Å². The van der Waals surface area contributed by atoms with E-state index in [9.17, 15) is 18.0 Å². The molecule has 1 unspecified atom stereocenters. The van der Waals surface area contributed by atoms with Gasteiger partial charge in [-0.05, 0) is 80.1 Å². The van der Waals surface area contributed by atoms with Crippen molar-refractivity contribution in [2.45, 2.75) is 63.4 Å². The summed E-state index contributed by atoms with van der Waals surface area (Å²) in [5, 5.41) is 2.72. The number of hydrogen-bond donors (Lipinski definition) is 2. The SMILES string of the molecule is CC(C)(C)OC(=O)NCc1ccc(-c2cccc(S(=O)(=O)n3ccc(C=CC(=O)NOC4CCCCO4)c3)c2)cc1. The molecule has 2 N–H and O–H groups in total. The maximum atomic E-state index is 13.3. The van der Waals surface area contributed by atoms with Crippen molar-refractivity contribution >= 4 is 28.1 Å². The first kappa shape index (κ1) is 30.0. The average molecular weight is 582 g/mol. The fourth-order valence-electron chi connectivity index (χ4n) is 4.04. The summed E-state index contributed by atoms with van der Waals surface area (Å²) in [6.45, 7) is 6.30. The van der Waals surface area contributed by atoms with Crippen molar-refractivity contribution < 1.29 is 32.3 Å². The third-order valence-corrected chi connectivity index (χ3v) is 7.71. The largest absolute Gasteiger partial charge is 0.444 e. The third kappa shape index (κ3) is 8.78. The van der Waals surface area contributed by atoms with Gasteiger partial charge in [0.15, 0.2) is 6.29 Å². The van der Waals surface area contributed by atoms with Gasteiger partial charge in [-0.1, -0.05) is 36.4 Å². The maximum Gasteiger partial charge on any atom is 0.407 e. The number of carbonyl (C=O) groups excluding carboxylic acids is 2. The van der Waals surface area contributed by atoms with E-state index in [1.165, 1.54) is 30.6 Å². The molecule has 3 aromatic rings. The first-order chi connectivity index (χ1) is 19.5. The molecule has 0 bridgehead atoms. The highest BCUT2D eigenvalue weighted by atomic mass is 32.2. The van der Waals surface area contributed by atoms with Crippen LogP contribution in [0.15, 0.2) is 78.0 Å². The van der Waals surface area contributed by atoms with E-state index in [0.717, 1.165) is 33.5 Å². The molecule has 10 nitrogen and oxygen atoms in total. The number of hydrogen-bond acceptors (Lipinski definition) is 7. The van der Waals surface area contributed by atoms with Crippen LogP contribution in [0.4, 0.5) is 4.79 Å². The molecule has 0 spiro atoms. The average Bonchev–Trinajstić information content (AvgIpc) is 3.44. The molecule has 0 aliphatic carbocycles. The monoisotopic (exact) mass is 581 g/mol. The summed E-state index contributed by atoms with van der Waals surface area (Å²) in [5.74, 6) is -0.478. The number of ether oxygens (including phenoxy) is 2. The molecule has 1 aliphatic heterocycles. The summed E-state index contributed by atoms with van der Waals surface area (Å²) in [7, 11) is -3.87. The van der Waals surface area contributed by atoms with Gasteiger partial charge in [0.05, 0.1) is 4.90 Å². The number of aromatic nitrogens is 1. The van der Waals surface area contributed by atoms with Gasteiger partial charge in [0, 0.05) is 38.0 Å². The van der Waals surface area contributed by atoms with Crippen LogP contribution in [-0.4, -0.2) is 42.9 Å². The van der Waals surface area contributed by atoms with E-state index < -0.39 is 33.9 Å². The van der Waals surface area contributed by atoms with E-state index in [4.69, 9.17) is 14.3 Å². The van der Waals surface area contributed by atoms with E-state index in [0.29, 0.717) is 25.1 Å². The summed E-state index contributed by atoms with van der Waals surface area (Å²) in [6.07, 6.45) is 7.34. The van der Waals surface area contributed by atoms with Crippen LogP contribution in [0.2, 0.25) is 0 Å². The minimum Gasteiger partial charge on any atom is -0.444 e. The van der Waals surface area contributed by atoms with E-state index in [1.807, 2.05) is 30.3 Å². The van der Waals surface area contributed by atoms with Crippen LogP contribution < -0.4 is 10.8 Å². The summed E-state index contributed by atoms with van der Waals surface area (Å²) in [5.41, 5.74) is 4.71. The van der Waals surface area contributed by atoms with E-state index >= 15 is 0 Å². The minimum atomic E-state index is -3.87. The van der Waals surface area contributed by atoms with Crippen LogP contribution in [0, 0.1) is 0 Å². The number of hydroxylamine groups is 1. The molecule has 4 rings (SSSR count). The molecule has 218 valence electrons. The molecule has 1 atom stereocenters. The first-order valence-electron chi connectivity index (χ1n) is 13.3. The second-order valence-corrected chi connectivity index (χ2v) is 12.4. The van der Waals surface area contributed by atoms with Crippen molar-refractivity contribution in [1.82, 2.24) is 14.8 Å². The second kappa shape index (κ2) is 13.2. The van der Waals surface area contributed by atoms with Gasteiger partial charge in [-0.3, -0.25) is 4.79 Å². The smallest absolute Gasteiger partial charge is 0.407 e. The van der Waals surface area contributed by atoms with Crippen LogP contribution in [-0.2, 0) is 35.7 Å². The number of nitrogens with zero attached hydrogens (tertiary/aromatic N) is 1. The van der Waals surface area contributed by atoms with E-state index in [1.54, 1.807) is 39.0 Å². The molecule has 1 fully saturated rings. The molecule has 2 heterocycles. The zero-order chi connectivity index (χ0) is 29.5. The lowest BCUT2D eigenvalue weighted by atomic mass is 10.0. The molecule has 11 heteroatoms. The van der Waals surface area contributed by atoms with Crippen LogP contribution in [0.25, 0.3) is 17.2 Å². The first-order valence-corrected chi connectivity index (χ1v) is 14.8. The fraction of sp³-hybridized carbons (Fsp3) is 0.333. The highest BCUT2D eigenvalue weighted by Gasteiger charge is 2.19. The molecule has 2 amide bonds. The van der Waals surface area contributed by atoms with Crippen molar-refractivity contribution in [2.75, 3.05) is 6.61 Å². The Kier molecular flexibility index (Phi) is 9.64. The van der Waals surface area contributed by atoms with Crippen molar-refractivity contribution in [3.8, 4) is 11.1 Å². The number of rotatable bonds is 9. The number of nitrogens with one attached hydrogen (secondary N) is 2. The molecule has 0 saturated carbocycles. The lowest BCUT2D eigenvalue weighted by Crippen LogP contribution is -2.32. The molecule has 41 heavy (non-hydrogen) atoms. The Hall–Kier alpha value is -3.93. The Morgan fingerprint density at radius 2 is 1.85 bits per heavy atom. The van der Waals surface area contributed by atoms with E-state index in [-0.39, 0.29) is 4.90 Å². The predicted octanol–water partition coefficient (Wildman–Crippen LogP) is 5.00. The quantitative estimate of drug-likeness (QED) is 0.269. The van der Waals surface area contributed by atoms with Crippen molar-refractivity contribution in [2.24, 2.45) is 0 Å². The topological polar surface area (TPSA) is 125 Å². The Morgan fingerprint density at radius 3 is 2.56 bits per heavy atom. The highest BCUT2D eigenvalue weighted by molar-refractivity contribution is 7.90. The summed E-state index contributed by atoms with van der Waals surface area (Å²) >= 11 is 0. The number of benzene rings is 2. The Balaban J connectivity index is 1.37. The maximum absolute atomic E-state index is 13.3. The zero-order valence-corrected chi connectivity index (χ0v) is 24.1. The predicted molar refractivity (Wildman–Crippen MR) is 154 cm³/mol. The molecule has 2 aromatic carbocycles.